The minimum absolute atomic E-state index is 0.0481. The summed E-state index contributed by atoms with van der Waals surface area (Å²) in [6.45, 7) is 6.83. The summed E-state index contributed by atoms with van der Waals surface area (Å²) in [5, 5.41) is 9.20. The molecule has 17 heavy (non-hydrogen) atoms. The van der Waals surface area contributed by atoms with Gasteiger partial charge in [0.15, 0.2) is 0 Å². The van der Waals surface area contributed by atoms with E-state index in [1.165, 1.54) is 16.8 Å². The first-order chi connectivity index (χ1) is 8.26. The predicted octanol–water partition coefficient (Wildman–Crippen LogP) is 1.75. The molecule has 0 aromatic heterocycles. The number of benzene rings is 1. The highest BCUT2D eigenvalue weighted by atomic mass is 16.5. The third-order valence-corrected chi connectivity index (χ3v) is 3.36. The predicted molar refractivity (Wildman–Crippen MR) is 69.6 cm³/mol. The van der Waals surface area contributed by atoms with Crippen LogP contribution in [0.4, 0.5) is 5.69 Å². The first kappa shape index (κ1) is 12.4. The summed E-state index contributed by atoms with van der Waals surface area (Å²) >= 11 is 0. The Balaban J connectivity index is 2.26. The Hall–Kier alpha value is -1.06. The Labute approximate surface area is 103 Å². The van der Waals surface area contributed by atoms with Gasteiger partial charge in [-0.25, -0.2) is 0 Å². The molecule has 1 heterocycles. The van der Waals surface area contributed by atoms with Gasteiger partial charge in [0.1, 0.15) is 0 Å². The van der Waals surface area contributed by atoms with Gasteiger partial charge in [-0.15, -0.1) is 0 Å². The standard InChI is InChI=1S/C14H21NO2/c1-3-12-6-4-5-11(2)14(12)15-7-8-17-13(9-15)10-16/h4-6,13,16H,3,7-10H2,1-2H3. The smallest absolute Gasteiger partial charge is 0.0980 e. The van der Waals surface area contributed by atoms with Crippen LogP contribution in [0.1, 0.15) is 18.1 Å². The summed E-state index contributed by atoms with van der Waals surface area (Å²) < 4.78 is 5.50. The molecule has 1 aliphatic heterocycles. The lowest BCUT2D eigenvalue weighted by atomic mass is 10.0. The maximum atomic E-state index is 9.20. The van der Waals surface area contributed by atoms with Crippen LogP contribution in [0.15, 0.2) is 18.2 Å². The van der Waals surface area contributed by atoms with Crippen LogP contribution < -0.4 is 4.90 Å². The van der Waals surface area contributed by atoms with Crippen molar-refractivity contribution in [2.75, 3.05) is 31.2 Å². The van der Waals surface area contributed by atoms with Crippen LogP contribution in [0.5, 0.6) is 0 Å². The second-order valence-electron chi connectivity index (χ2n) is 4.56. The first-order valence-corrected chi connectivity index (χ1v) is 6.32. The van der Waals surface area contributed by atoms with Crippen molar-refractivity contribution in [3.05, 3.63) is 29.3 Å². The van der Waals surface area contributed by atoms with Gasteiger partial charge in [0.25, 0.3) is 0 Å². The number of ether oxygens (including phenoxy) is 1. The molecule has 1 aromatic carbocycles. The van der Waals surface area contributed by atoms with Crippen LogP contribution in [0.2, 0.25) is 0 Å². The normalized spacial score (nSPS) is 20.6. The largest absolute Gasteiger partial charge is 0.394 e. The minimum Gasteiger partial charge on any atom is -0.394 e. The average molecular weight is 235 g/mol. The molecule has 0 spiro atoms. The molecule has 1 fully saturated rings. The SMILES string of the molecule is CCc1cccc(C)c1N1CCOC(CO)C1. The molecule has 2 rings (SSSR count). The fourth-order valence-electron chi connectivity index (χ4n) is 2.49. The number of aryl methyl sites for hydroxylation is 2. The quantitative estimate of drug-likeness (QED) is 0.866. The Morgan fingerprint density at radius 1 is 1.47 bits per heavy atom. The number of morpholine rings is 1. The van der Waals surface area contributed by atoms with Gasteiger partial charge in [-0.3, -0.25) is 0 Å². The molecule has 1 N–H and O–H groups in total. The van der Waals surface area contributed by atoms with Crippen LogP contribution in [-0.4, -0.2) is 37.5 Å². The van der Waals surface area contributed by atoms with E-state index in [1.807, 2.05) is 0 Å². The fraction of sp³-hybridized carbons (Fsp3) is 0.571. The van der Waals surface area contributed by atoms with Gasteiger partial charge in [-0.1, -0.05) is 25.1 Å². The van der Waals surface area contributed by atoms with E-state index in [-0.39, 0.29) is 12.7 Å². The Kier molecular flexibility index (Phi) is 4.02. The maximum absolute atomic E-state index is 9.20. The van der Waals surface area contributed by atoms with Gasteiger partial charge >= 0.3 is 0 Å². The lowest BCUT2D eigenvalue weighted by Gasteiger charge is -2.35. The highest BCUT2D eigenvalue weighted by Gasteiger charge is 2.22. The van der Waals surface area contributed by atoms with E-state index in [4.69, 9.17) is 4.74 Å². The molecule has 1 unspecified atom stereocenters. The molecule has 0 amide bonds. The molecular formula is C14H21NO2. The Morgan fingerprint density at radius 3 is 3.00 bits per heavy atom. The van der Waals surface area contributed by atoms with Crippen molar-refractivity contribution in [2.45, 2.75) is 26.4 Å². The third kappa shape index (κ3) is 2.61. The molecule has 3 heteroatoms. The van der Waals surface area contributed by atoms with Gasteiger partial charge < -0.3 is 14.7 Å². The second kappa shape index (κ2) is 5.52. The molecule has 94 valence electrons. The van der Waals surface area contributed by atoms with Crippen molar-refractivity contribution >= 4 is 5.69 Å². The van der Waals surface area contributed by atoms with Gasteiger partial charge in [0, 0.05) is 18.8 Å². The number of anilines is 1. The molecule has 0 aliphatic carbocycles. The Morgan fingerprint density at radius 2 is 2.29 bits per heavy atom. The zero-order valence-corrected chi connectivity index (χ0v) is 10.6. The van der Waals surface area contributed by atoms with E-state index in [1.54, 1.807) is 0 Å². The summed E-state index contributed by atoms with van der Waals surface area (Å²) in [4.78, 5) is 2.35. The minimum atomic E-state index is -0.0481. The zero-order valence-electron chi connectivity index (χ0n) is 10.6. The fourth-order valence-corrected chi connectivity index (χ4v) is 2.49. The van der Waals surface area contributed by atoms with Crippen molar-refractivity contribution < 1.29 is 9.84 Å². The maximum Gasteiger partial charge on any atom is 0.0980 e. The summed E-state index contributed by atoms with van der Waals surface area (Å²) in [5.41, 5.74) is 4.02. The van der Waals surface area contributed by atoms with Gasteiger partial charge in [0.05, 0.1) is 19.3 Å². The number of aliphatic hydroxyl groups excluding tert-OH is 1. The van der Waals surface area contributed by atoms with E-state index in [0.717, 1.165) is 19.5 Å². The third-order valence-electron chi connectivity index (χ3n) is 3.36. The summed E-state index contributed by atoms with van der Waals surface area (Å²) in [7, 11) is 0. The van der Waals surface area contributed by atoms with E-state index in [2.05, 4.69) is 36.9 Å². The number of para-hydroxylation sites is 1. The highest BCUT2D eigenvalue weighted by Crippen LogP contribution is 2.27. The van der Waals surface area contributed by atoms with Crippen molar-refractivity contribution in [3.8, 4) is 0 Å². The Bertz CT molecular complexity index is 378. The van der Waals surface area contributed by atoms with Crippen molar-refractivity contribution in [3.63, 3.8) is 0 Å². The first-order valence-electron chi connectivity index (χ1n) is 6.32. The van der Waals surface area contributed by atoms with Gasteiger partial charge in [-0.2, -0.15) is 0 Å². The monoisotopic (exact) mass is 235 g/mol. The van der Waals surface area contributed by atoms with Crippen LogP contribution >= 0.6 is 0 Å². The van der Waals surface area contributed by atoms with E-state index in [0.29, 0.717) is 6.61 Å². The van der Waals surface area contributed by atoms with Crippen LogP contribution in [0.3, 0.4) is 0 Å². The van der Waals surface area contributed by atoms with Crippen LogP contribution in [-0.2, 0) is 11.2 Å². The zero-order chi connectivity index (χ0) is 12.3. The topological polar surface area (TPSA) is 32.7 Å². The average Bonchev–Trinajstić information content (AvgIpc) is 2.38. The van der Waals surface area contributed by atoms with Crippen LogP contribution in [0, 0.1) is 6.92 Å². The van der Waals surface area contributed by atoms with Crippen molar-refractivity contribution in [1.29, 1.82) is 0 Å². The number of aliphatic hydroxyl groups is 1. The van der Waals surface area contributed by atoms with Gasteiger partial charge in [-0.05, 0) is 24.5 Å². The number of rotatable bonds is 3. The van der Waals surface area contributed by atoms with Crippen LogP contribution in [0.25, 0.3) is 0 Å². The molecule has 0 bridgehead atoms. The molecule has 1 saturated heterocycles. The summed E-state index contributed by atoms with van der Waals surface area (Å²) in [6, 6.07) is 6.45. The number of hydrogen-bond donors (Lipinski definition) is 1. The molecule has 1 aliphatic rings. The highest BCUT2D eigenvalue weighted by molar-refractivity contribution is 5.59. The molecule has 1 atom stereocenters. The van der Waals surface area contributed by atoms with Crippen molar-refractivity contribution in [2.24, 2.45) is 0 Å². The molecular weight excluding hydrogens is 214 g/mol. The van der Waals surface area contributed by atoms with E-state index < -0.39 is 0 Å². The molecule has 3 nitrogen and oxygen atoms in total. The molecule has 0 saturated carbocycles. The van der Waals surface area contributed by atoms with Crippen molar-refractivity contribution in [1.82, 2.24) is 0 Å². The second-order valence-corrected chi connectivity index (χ2v) is 4.56. The molecule has 0 radical (unpaired) electrons. The number of nitrogens with zero attached hydrogens (tertiary/aromatic N) is 1. The van der Waals surface area contributed by atoms with E-state index in [9.17, 15) is 5.11 Å². The summed E-state index contributed by atoms with van der Waals surface area (Å²) in [6.07, 6.45) is 0.992. The lowest BCUT2D eigenvalue weighted by molar-refractivity contribution is 0.00350. The molecule has 1 aromatic rings. The lowest BCUT2D eigenvalue weighted by Crippen LogP contribution is -2.44. The number of hydrogen-bond acceptors (Lipinski definition) is 3. The summed E-state index contributed by atoms with van der Waals surface area (Å²) in [5.74, 6) is 0. The van der Waals surface area contributed by atoms with Gasteiger partial charge in [0.2, 0.25) is 0 Å². The van der Waals surface area contributed by atoms with E-state index >= 15 is 0 Å².